The maximum absolute atomic E-state index is 11.6. The molecule has 0 radical (unpaired) electrons. The highest BCUT2D eigenvalue weighted by molar-refractivity contribution is 5.76. The first-order valence-corrected chi connectivity index (χ1v) is 6.87. The molecule has 116 valence electrons. The Balaban J connectivity index is 2.06. The molecule has 1 heterocycles. The van der Waals surface area contributed by atoms with E-state index in [9.17, 15) is 4.79 Å². The van der Waals surface area contributed by atoms with Gasteiger partial charge in [-0.15, -0.1) is 0 Å². The zero-order valence-electron chi connectivity index (χ0n) is 11.8. The summed E-state index contributed by atoms with van der Waals surface area (Å²) in [7, 11) is 0. The van der Waals surface area contributed by atoms with Gasteiger partial charge in [-0.2, -0.15) is 0 Å². The van der Waals surface area contributed by atoms with Gasteiger partial charge in [0, 0.05) is 26.2 Å². The zero-order valence-corrected chi connectivity index (χ0v) is 11.8. The van der Waals surface area contributed by atoms with Gasteiger partial charge in [-0.3, -0.25) is 14.7 Å². The van der Waals surface area contributed by atoms with Crippen LogP contribution < -0.4 is 17.2 Å². The fourth-order valence-electron chi connectivity index (χ4n) is 1.84. The topological polar surface area (TPSA) is 129 Å². The number of esters is 1. The quantitative estimate of drug-likeness (QED) is 0.209. The number of morpholine rings is 1. The molecule has 1 atom stereocenters. The molecule has 1 aliphatic rings. The van der Waals surface area contributed by atoms with E-state index < -0.39 is 6.04 Å². The average Bonchev–Trinajstić information content (AvgIpc) is 2.44. The van der Waals surface area contributed by atoms with Crippen molar-refractivity contribution in [2.75, 3.05) is 46.0 Å². The first kappa shape index (κ1) is 16.7. The molecule has 20 heavy (non-hydrogen) atoms. The van der Waals surface area contributed by atoms with Gasteiger partial charge in [-0.25, -0.2) is 0 Å². The second-order valence-electron chi connectivity index (χ2n) is 4.68. The summed E-state index contributed by atoms with van der Waals surface area (Å²) in [6.45, 7) is 4.77. The van der Waals surface area contributed by atoms with Crippen LogP contribution in [-0.2, 0) is 14.3 Å². The largest absolute Gasteiger partial charge is 0.463 e. The Kier molecular flexibility index (Phi) is 7.93. The van der Waals surface area contributed by atoms with Crippen LogP contribution in [0.15, 0.2) is 4.99 Å². The molecule has 0 unspecified atom stereocenters. The summed E-state index contributed by atoms with van der Waals surface area (Å²) in [4.78, 5) is 17.7. The van der Waals surface area contributed by atoms with Crippen LogP contribution in [0.25, 0.3) is 0 Å². The first-order valence-electron chi connectivity index (χ1n) is 6.87. The molecule has 0 aromatic carbocycles. The van der Waals surface area contributed by atoms with Gasteiger partial charge in [-0.05, 0) is 12.8 Å². The minimum Gasteiger partial charge on any atom is -0.463 e. The Morgan fingerprint density at radius 2 is 2.05 bits per heavy atom. The molecule has 1 saturated heterocycles. The van der Waals surface area contributed by atoms with Crippen molar-refractivity contribution in [3.63, 3.8) is 0 Å². The highest BCUT2D eigenvalue weighted by Crippen LogP contribution is 1.99. The molecule has 0 bridgehead atoms. The molecule has 8 heteroatoms. The number of carbonyl (C=O) groups is 1. The van der Waals surface area contributed by atoms with Crippen LogP contribution in [0, 0.1) is 0 Å². The SMILES string of the molecule is NC(N)=NCCC[C@H](N)C(=O)OCCN1CCOCC1. The Hall–Kier alpha value is -1.38. The predicted octanol–water partition coefficient (Wildman–Crippen LogP) is -1.76. The molecule has 1 aliphatic heterocycles. The lowest BCUT2D eigenvalue weighted by molar-refractivity contribution is -0.146. The van der Waals surface area contributed by atoms with Crippen molar-refractivity contribution in [1.82, 2.24) is 4.90 Å². The minimum atomic E-state index is -0.617. The summed E-state index contributed by atoms with van der Waals surface area (Å²) < 4.78 is 10.4. The first-order chi connectivity index (χ1) is 9.59. The van der Waals surface area contributed by atoms with E-state index in [1.165, 1.54) is 0 Å². The van der Waals surface area contributed by atoms with Crippen LogP contribution in [0.5, 0.6) is 0 Å². The molecule has 0 aromatic rings. The van der Waals surface area contributed by atoms with Crippen molar-refractivity contribution in [2.24, 2.45) is 22.2 Å². The van der Waals surface area contributed by atoms with Gasteiger partial charge in [0.05, 0.1) is 13.2 Å². The fraction of sp³-hybridized carbons (Fsp3) is 0.833. The number of nitrogens with two attached hydrogens (primary N) is 3. The molecule has 1 fully saturated rings. The average molecular weight is 287 g/mol. The van der Waals surface area contributed by atoms with Crippen LogP contribution in [-0.4, -0.2) is 68.9 Å². The van der Waals surface area contributed by atoms with E-state index in [1.54, 1.807) is 0 Å². The van der Waals surface area contributed by atoms with Crippen LogP contribution in [0.1, 0.15) is 12.8 Å². The number of nitrogens with zero attached hydrogens (tertiary/aromatic N) is 2. The molecule has 0 spiro atoms. The van der Waals surface area contributed by atoms with Gasteiger partial charge in [0.1, 0.15) is 12.6 Å². The molecule has 0 saturated carbocycles. The number of hydrogen-bond donors (Lipinski definition) is 3. The van der Waals surface area contributed by atoms with Crippen molar-refractivity contribution < 1.29 is 14.3 Å². The van der Waals surface area contributed by atoms with Crippen LogP contribution in [0.3, 0.4) is 0 Å². The van der Waals surface area contributed by atoms with Crippen molar-refractivity contribution in [1.29, 1.82) is 0 Å². The third-order valence-electron chi connectivity index (χ3n) is 3.03. The fourth-order valence-corrected chi connectivity index (χ4v) is 1.84. The van der Waals surface area contributed by atoms with Gasteiger partial charge in [-0.1, -0.05) is 0 Å². The van der Waals surface area contributed by atoms with E-state index in [0.717, 1.165) is 32.8 Å². The summed E-state index contributed by atoms with van der Waals surface area (Å²) >= 11 is 0. The highest BCUT2D eigenvalue weighted by Gasteiger charge is 2.15. The monoisotopic (exact) mass is 287 g/mol. The Morgan fingerprint density at radius 3 is 2.70 bits per heavy atom. The van der Waals surface area contributed by atoms with Crippen LogP contribution in [0.2, 0.25) is 0 Å². The van der Waals surface area contributed by atoms with Gasteiger partial charge in [0.2, 0.25) is 0 Å². The molecular formula is C12H25N5O3. The summed E-state index contributed by atoms with van der Waals surface area (Å²) in [5, 5.41) is 0. The third-order valence-corrected chi connectivity index (χ3v) is 3.03. The molecule has 8 nitrogen and oxygen atoms in total. The summed E-state index contributed by atoms with van der Waals surface area (Å²) in [6, 6.07) is -0.617. The van der Waals surface area contributed by atoms with E-state index in [0.29, 0.717) is 26.0 Å². The third kappa shape index (κ3) is 7.27. The lowest BCUT2D eigenvalue weighted by Crippen LogP contribution is -2.40. The molecule has 0 aromatic heterocycles. The number of rotatable bonds is 8. The zero-order chi connectivity index (χ0) is 14.8. The number of ether oxygens (including phenoxy) is 2. The number of guanidine groups is 1. The number of aliphatic imine (C=N–C) groups is 1. The van der Waals surface area contributed by atoms with Gasteiger partial charge < -0.3 is 26.7 Å². The van der Waals surface area contributed by atoms with E-state index in [1.807, 2.05) is 0 Å². The van der Waals surface area contributed by atoms with Crippen molar-refractivity contribution in [3.8, 4) is 0 Å². The summed E-state index contributed by atoms with van der Waals surface area (Å²) in [5.41, 5.74) is 16.1. The molecule has 0 aliphatic carbocycles. The highest BCUT2D eigenvalue weighted by atomic mass is 16.5. The summed E-state index contributed by atoms with van der Waals surface area (Å²) in [6.07, 6.45) is 1.16. The Labute approximate surface area is 119 Å². The molecule has 0 amide bonds. The normalized spacial score (nSPS) is 17.4. The van der Waals surface area contributed by atoms with Crippen molar-refractivity contribution in [3.05, 3.63) is 0 Å². The van der Waals surface area contributed by atoms with Crippen LogP contribution in [0.4, 0.5) is 0 Å². The van der Waals surface area contributed by atoms with Crippen molar-refractivity contribution in [2.45, 2.75) is 18.9 Å². The molecule has 6 N–H and O–H groups in total. The van der Waals surface area contributed by atoms with E-state index in [-0.39, 0.29) is 11.9 Å². The lowest BCUT2D eigenvalue weighted by atomic mass is 10.2. The Morgan fingerprint density at radius 1 is 1.35 bits per heavy atom. The van der Waals surface area contributed by atoms with Crippen LogP contribution >= 0.6 is 0 Å². The lowest BCUT2D eigenvalue weighted by Gasteiger charge is -2.26. The second kappa shape index (κ2) is 9.51. The van der Waals surface area contributed by atoms with E-state index >= 15 is 0 Å². The number of hydrogen-bond acceptors (Lipinski definition) is 6. The van der Waals surface area contributed by atoms with E-state index in [2.05, 4.69) is 9.89 Å². The van der Waals surface area contributed by atoms with Gasteiger partial charge in [0.15, 0.2) is 5.96 Å². The second-order valence-corrected chi connectivity index (χ2v) is 4.68. The Bertz CT molecular complexity index is 314. The maximum Gasteiger partial charge on any atom is 0.322 e. The number of carbonyl (C=O) groups excluding carboxylic acids is 1. The van der Waals surface area contributed by atoms with Crippen molar-refractivity contribution >= 4 is 11.9 Å². The molecule has 1 rings (SSSR count). The van der Waals surface area contributed by atoms with Gasteiger partial charge >= 0.3 is 5.97 Å². The smallest absolute Gasteiger partial charge is 0.322 e. The summed E-state index contributed by atoms with van der Waals surface area (Å²) in [5.74, 6) is -0.324. The predicted molar refractivity (Wildman–Crippen MR) is 76.1 cm³/mol. The minimum absolute atomic E-state index is 0.0478. The van der Waals surface area contributed by atoms with Gasteiger partial charge in [0.25, 0.3) is 0 Å². The van der Waals surface area contributed by atoms with E-state index in [4.69, 9.17) is 26.7 Å². The maximum atomic E-state index is 11.6. The standard InChI is InChI=1S/C12H25N5O3/c13-10(2-1-3-16-12(14)15)11(18)20-9-6-17-4-7-19-8-5-17/h10H,1-9,13H2,(H4,14,15,16)/t10-/m0/s1. The molecular weight excluding hydrogens is 262 g/mol.